The van der Waals surface area contributed by atoms with E-state index in [2.05, 4.69) is 4.98 Å². The minimum Gasteiger partial charge on any atom is -0.465 e. The number of hydrogen-bond donors (Lipinski definition) is 0. The number of aromatic nitrogens is 2. The summed E-state index contributed by atoms with van der Waals surface area (Å²) in [6.07, 6.45) is 7.59. The van der Waals surface area contributed by atoms with Gasteiger partial charge in [-0.15, -0.1) is 0 Å². The van der Waals surface area contributed by atoms with E-state index >= 15 is 0 Å². The highest BCUT2D eigenvalue weighted by atomic mass is 32.2. The van der Waals surface area contributed by atoms with E-state index in [1.54, 1.807) is 12.3 Å². The Morgan fingerprint density at radius 2 is 2.32 bits per heavy atom. The quantitative estimate of drug-likeness (QED) is 0.791. The van der Waals surface area contributed by atoms with Gasteiger partial charge in [0.25, 0.3) is 0 Å². The minimum atomic E-state index is -0.316. The molecule has 0 N–H and O–H groups in total. The molecule has 1 aliphatic heterocycles. The number of rotatable bonds is 2. The lowest BCUT2D eigenvalue weighted by Crippen LogP contribution is -2.02. The molecule has 0 radical (unpaired) electrons. The van der Waals surface area contributed by atoms with E-state index in [0.717, 1.165) is 11.3 Å². The van der Waals surface area contributed by atoms with Gasteiger partial charge in [-0.1, -0.05) is 6.42 Å². The number of ether oxygens (including phenoxy) is 1. The van der Waals surface area contributed by atoms with Crippen molar-refractivity contribution in [2.24, 2.45) is 0 Å². The van der Waals surface area contributed by atoms with E-state index in [1.165, 1.54) is 32.1 Å². The first-order chi connectivity index (χ1) is 9.28. The molecule has 19 heavy (non-hydrogen) atoms. The van der Waals surface area contributed by atoms with E-state index in [-0.39, 0.29) is 5.97 Å². The molecule has 0 saturated carbocycles. The molecule has 0 bridgehead atoms. The van der Waals surface area contributed by atoms with Gasteiger partial charge in [0.1, 0.15) is 5.65 Å². The molecule has 0 aliphatic carbocycles. The second-order valence-electron chi connectivity index (χ2n) is 4.70. The van der Waals surface area contributed by atoms with Crippen LogP contribution in [0.25, 0.3) is 5.65 Å². The van der Waals surface area contributed by atoms with Crippen LogP contribution in [0.4, 0.5) is 0 Å². The Morgan fingerprint density at radius 1 is 1.42 bits per heavy atom. The number of fused-ring (bicyclic) bond motifs is 1. The molecule has 2 aromatic heterocycles. The summed E-state index contributed by atoms with van der Waals surface area (Å²) in [5, 5.41) is 0.496. The second-order valence-corrected chi connectivity index (χ2v) is 6.01. The van der Waals surface area contributed by atoms with Crippen molar-refractivity contribution in [3.63, 3.8) is 0 Å². The lowest BCUT2D eigenvalue weighted by Gasteiger charge is -2.18. The Bertz CT molecular complexity index is 603. The fraction of sp³-hybridized carbons (Fsp3) is 0.429. The van der Waals surface area contributed by atoms with Gasteiger partial charge >= 0.3 is 5.97 Å². The van der Waals surface area contributed by atoms with Gasteiger partial charge in [-0.2, -0.15) is 11.8 Å². The Morgan fingerprint density at radius 3 is 3.05 bits per heavy atom. The molecule has 4 nitrogen and oxygen atoms in total. The third kappa shape index (κ3) is 2.47. The third-order valence-electron chi connectivity index (χ3n) is 3.40. The minimum absolute atomic E-state index is 0.316. The third-order valence-corrected chi connectivity index (χ3v) is 4.80. The summed E-state index contributed by atoms with van der Waals surface area (Å²) in [6.45, 7) is 0. The van der Waals surface area contributed by atoms with Crippen LogP contribution in [0.2, 0.25) is 0 Å². The van der Waals surface area contributed by atoms with Crippen LogP contribution in [-0.4, -0.2) is 28.2 Å². The van der Waals surface area contributed by atoms with E-state index in [4.69, 9.17) is 4.74 Å². The highest BCUT2D eigenvalue weighted by molar-refractivity contribution is 7.99. The molecule has 100 valence electrons. The summed E-state index contributed by atoms with van der Waals surface area (Å²) in [5.74, 6) is 0.899. The first-order valence-corrected chi connectivity index (χ1v) is 7.51. The zero-order chi connectivity index (χ0) is 13.2. The van der Waals surface area contributed by atoms with Crippen LogP contribution in [0, 0.1) is 0 Å². The monoisotopic (exact) mass is 276 g/mol. The highest BCUT2D eigenvalue weighted by Gasteiger charge is 2.19. The van der Waals surface area contributed by atoms with Gasteiger partial charge < -0.3 is 9.14 Å². The molecule has 5 heteroatoms. The Hall–Kier alpha value is -1.49. The van der Waals surface area contributed by atoms with Crippen LogP contribution in [0.3, 0.4) is 0 Å². The molecular formula is C14H16N2O2S. The number of pyridine rings is 1. The van der Waals surface area contributed by atoms with Gasteiger partial charge in [0.2, 0.25) is 0 Å². The topological polar surface area (TPSA) is 43.6 Å². The summed E-state index contributed by atoms with van der Waals surface area (Å²) >= 11 is 1.98. The van der Waals surface area contributed by atoms with E-state index in [9.17, 15) is 4.79 Å². The van der Waals surface area contributed by atoms with Gasteiger partial charge in [-0.05, 0) is 30.7 Å². The Labute approximate surface area is 116 Å². The van der Waals surface area contributed by atoms with Crippen LogP contribution in [0.1, 0.15) is 40.6 Å². The van der Waals surface area contributed by atoms with Gasteiger partial charge in [0.05, 0.1) is 18.4 Å². The van der Waals surface area contributed by atoms with Crippen molar-refractivity contribution in [3.8, 4) is 0 Å². The summed E-state index contributed by atoms with van der Waals surface area (Å²) in [5.41, 5.74) is 2.55. The molecule has 3 rings (SSSR count). The zero-order valence-electron chi connectivity index (χ0n) is 10.8. The average Bonchev–Trinajstić information content (AvgIpc) is 2.90. The number of esters is 1. The predicted octanol–water partition coefficient (Wildman–Crippen LogP) is 3.08. The lowest BCUT2D eigenvalue weighted by atomic mass is 10.1. The van der Waals surface area contributed by atoms with Gasteiger partial charge in [0, 0.05) is 17.6 Å². The number of imidazole rings is 1. The van der Waals surface area contributed by atoms with Crippen molar-refractivity contribution >= 4 is 23.4 Å². The summed E-state index contributed by atoms with van der Waals surface area (Å²) in [4.78, 5) is 16.2. The first kappa shape index (κ1) is 12.5. The number of nitrogens with zero attached hydrogens (tertiary/aromatic N) is 2. The van der Waals surface area contributed by atoms with E-state index in [0.29, 0.717) is 10.8 Å². The van der Waals surface area contributed by atoms with Crippen molar-refractivity contribution in [1.29, 1.82) is 0 Å². The maximum Gasteiger partial charge on any atom is 0.339 e. The smallest absolute Gasteiger partial charge is 0.339 e. The molecule has 1 unspecified atom stereocenters. The molecule has 0 amide bonds. The molecule has 1 atom stereocenters. The number of hydrogen-bond acceptors (Lipinski definition) is 4. The number of carbonyl (C=O) groups is 1. The second kappa shape index (κ2) is 5.25. The SMILES string of the molecule is COC(=O)c1ccc2nc(C3CCCCS3)cn2c1. The largest absolute Gasteiger partial charge is 0.465 e. The molecule has 1 aliphatic rings. The van der Waals surface area contributed by atoms with Crippen molar-refractivity contribution in [2.45, 2.75) is 24.5 Å². The van der Waals surface area contributed by atoms with E-state index < -0.39 is 0 Å². The van der Waals surface area contributed by atoms with Crippen LogP contribution in [0.5, 0.6) is 0 Å². The van der Waals surface area contributed by atoms with Crippen molar-refractivity contribution in [1.82, 2.24) is 9.38 Å². The predicted molar refractivity (Wildman–Crippen MR) is 75.6 cm³/mol. The normalized spacial score (nSPS) is 19.5. The fourth-order valence-electron chi connectivity index (χ4n) is 2.38. The molecule has 0 aromatic carbocycles. The van der Waals surface area contributed by atoms with Gasteiger partial charge in [-0.25, -0.2) is 9.78 Å². The van der Waals surface area contributed by atoms with Gasteiger partial charge in [-0.3, -0.25) is 0 Å². The molecule has 2 aromatic rings. The zero-order valence-corrected chi connectivity index (χ0v) is 11.7. The highest BCUT2D eigenvalue weighted by Crippen LogP contribution is 2.37. The molecule has 0 spiro atoms. The number of carbonyl (C=O) groups excluding carboxylic acids is 1. The average molecular weight is 276 g/mol. The molecule has 1 saturated heterocycles. The van der Waals surface area contributed by atoms with Crippen molar-refractivity contribution in [3.05, 3.63) is 35.8 Å². The van der Waals surface area contributed by atoms with Crippen LogP contribution in [-0.2, 0) is 4.74 Å². The fourth-order valence-corrected chi connectivity index (χ4v) is 3.65. The maximum atomic E-state index is 11.5. The Kier molecular flexibility index (Phi) is 3.46. The van der Waals surface area contributed by atoms with Crippen molar-refractivity contribution in [2.75, 3.05) is 12.9 Å². The summed E-state index contributed by atoms with van der Waals surface area (Å²) in [7, 11) is 1.39. The van der Waals surface area contributed by atoms with Crippen LogP contribution < -0.4 is 0 Å². The maximum absolute atomic E-state index is 11.5. The van der Waals surface area contributed by atoms with Gasteiger partial charge in [0.15, 0.2) is 0 Å². The first-order valence-electron chi connectivity index (χ1n) is 6.46. The van der Waals surface area contributed by atoms with Crippen LogP contribution in [0.15, 0.2) is 24.5 Å². The number of thioether (sulfide) groups is 1. The summed E-state index contributed by atoms with van der Waals surface area (Å²) < 4.78 is 6.64. The standard InChI is InChI=1S/C14H16N2O2S/c1-18-14(17)10-5-6-13-15-11(9-16(13)8-10)12-4-2-3-7-19-12/h5-6,8-9,12H,2-4,7H2,1H3. The number of methoxy groups -OCH3 is 1. The molecular weight excluding hydrogens is 260 g/mol. The molecule has 1 fully saturated rings. The van der Waals surface area contributed by atoms with E-state index in [1.807, 2.05) is 28.4 Å². The van der Waals surface area contributed by atoms with Crippen molar-refractivity contribution < 1.29 is 9.53 Å². The summed E-state index contributed by atoms with van der Waals surface area (Å²) in [6, 6.07) is 3.62. The molecule has 3 heterocycles. The van der Waals surface area contributed by atoms with Crippen LogP contribution >= 0.6 is 11.8 Å². The Balaban J connectivity index is 1.93. The lowest BCUT2D eigenvalue weighted by molar-refractivity contribution is 0.0600.